The maximum absolute atomic E-state index is 12.9. The Morgan fingerprint density at radius 2 is 2.04 bits per heavy atom. The smallest absolute Gasteiger partial charge is 0.337 e. The number of aromatic nitrogens is 2. The van der Waals surface area contributed by atoms with E-state index in [9.17, 15) is 9.59 Å². The van der Waals surface area contributed by atoms with E-state index in [1.54, 1.807) is 18.2 Å². The number of carbonyl (C=O) groups excluding carboxylic acids is 1. The molecule has 1 fully saturated rings. The van der Waals surface area contributed by atoms with Crippen LogP contribution in [0.3, 0.4) is 0 Å². The molecule has 0 spiro atoms. The highest BCUT2D eigenvalue weighted by atomic mass is 16.5. The molecule has 0 radical (unpaired) electrons. The third kappa shape index (κ3) is 3.32. The van der Waals surface area contributed by atoms with Gasteiger partial charge in [-0.2, -0.15) is 5.10 Å². The van der Waals surface area contributed by atoms with Crippen molar-refractivity contribution in [3.05, 3.63) is 52.0 Å². The van der Waals surface area contributed by atoms with Gasteiger partial charge in [0.1, 0.15) is 17.2 Å². The molecule has 2 heterocycles. The number of nitrogens with one attached hydrogen (secondary N) is 1. The summed E-state index contributed by atoms with van der Waals surface area (Å²) in [5.41, 5.74) is 0.842. The zero-order valence-electron chi connectivity index (χ0n) is 15.3. The van der Waals surface area contributed by atoms with E-state index in [1.165, 1.54) is 26.0 Å². The van der Waals surface area contributed by atoms with Crippen molar-refractivity contribution in [1.29, 1.82) is 0 Å². The number of aryl methyl sites for hydroxylation is 1. The Bertz CT molecular complexity index is 1060. The fourth-order valence-electron chi connectivity index (χ4n) is 3.68. The van der Waals surface area contributed by atoms with E-state index in [0.717, 1.165) is 18.5 Å². The molecule has 0 atom stereocenters. The number of rotatable bonds is 4. The van der Waals surface area contributed by atoms with Crippen LogP contribution in [0, 0.1) is 6.92 Å². The van der Waals surface area contributed by atoms with E-state index in [1.807, 2.05) is 17.7 Å². The second kappa shape index (κ2) is 6.90. The molecule has 1 aromatic carbocycles. The van der Waals surface area contributed by atoms with Crippen LogP contribution >= 0.6 is 0 Å². The molecule has 1 aliphatic carbocycles. The molecule has 0 saturated heterocycles. The Labute approximate surface area is 155 Å². The summed E-state index contributed by atoms with van der Waals surface area (Å²) in [6.45, 7) is 1.90. The van der Waals surface area contributed by atoms with Gasteiger partial charge >= 0.3 is 5.63 Å². The van der Waals surface area contributed by atoms with Gasteiger partial charge < -0.3 is 14.5 Å². The molecule has 0 unspecified atom stereocenters. The molecule has 2 aromatic heterocycles. The first kappa shape index (κ1) is 17.3. The largest absolute Gasteiger partial charge is 0.497 e. The number of fused-ring (bicyclic) bond motifs is 1. The SMILES string of the molecule is COc1ccc2c(C(=O)Nc3cc(C)nn3C3CCCC3)cc(=O)oc2c1. The van der Waals surface area contributed by atoms with Crippen LogP contribution in [0.25, 0.3) is 11.0 Å². The second-order valence-corrected chi connectivity index (χ2v) is 6.85. The topological polar surface area (TPSA) is 86.4 Å². The summed E-state index contributed by atoms with van der Waals surface area (Å²) in [7, 11) is 1.53. The van der Waals surface area contributed by atoms with Gasteiger partial charge in [-0.3, -0.25) is 4.79 Å². The van der Waals surface area contributed by atoms with Gasteiger partial charge in [-0.15, -0.1) is 0 Å². The summed E-state index contributed by atoms with van der Waals surface area (Å²) in [5, 5.41) is 8.02. The summed E-state index contributed by atoms with van der Waals surface area (Å²) < 4.78 is 12.3. The van der Waals surface area contributed by atoms with Gasteiger partial charge in [0.05, 0.1) is 24.4 Å². The van der Waals surface area contributed by atoms with Gasteiger partial charge in [-0.1, -0.05) is 12.8 Å². The Morgan fingerprint density at radius 1 is 1.26 bits per heavy atom. The van der Waals surface area contributed by atoms with Crippen molar-refractivity contribution in [1.82, 2.24) is 9.78 Å². The first-order chi connectivity index (χ1) is 13.0. The molecule has 7 heteroatoms. The molecule has 7 nitrogen and oxygen atoms in total. The number of anilines is 1. The Kier molecular flexibility index (Phi) is 4.43. The molecule has 4 rings (SSSR count). The van der Waals surface area contributed by atoms with Crippen LogP contribution in [0.4, 0.5) is 5.82 Å². The number of hydrogen-bond donors (Lipinski definition) is 1. The molecule has 27 heavy (non-hydrogen) atoms. The normalized spacial score (nSPS) is 14.6. The van der Waals surface area contributed by atoms with Crippen LogP contribution in [0.5, 0.6) is 5.75 Å². The van der Waals surface area contributed by atoms with E-state index >= 15 is 0 Å². The lowest BCUT2D eigenvalue weighted by molar-refractivity contribution is 0.102. The highest BCUT2D eigenvalue weighted by Gasteiger charge is 2.22. The number of ether oxygens (including phenoxy) is 1. The van der Waals surface area contributed by atoms with Gasteiger partial charge in [0.2, 0.25) is 0 Å². The molecule has 0 bridgehead atoms. The number of carbonyl (C=O) groups is 1. The van der Waals surface area contributed by atoms with Crippen LogP contribution < -0.4 is 15.7 Å². The maximum atomic E-state index is 12.9. The average Bonchev–Trinajstić information content (AvgIpc) is 3.29. The first-order valence-corrected chi connectivity index (χ1v) is 9.04. The van der Waals surface area contributed by atoms with E-state index in [4.69, 9.17) is 9.15 Å². The number of nitrogens with zero attached hydrogens (tertiary/aromatic N) is 2. The van der Waals surface area contributed by atoms with Crippen molar-refractivity contribution < 1.29 is 13.9 Å². The summed E-state index contributed by atoms with van der Waals surface area (Å²) in [6, 6.07) is 8.41. The molecule has 1 N–H and O–H groups in total. The minimum Gasteiger partial charge on any atom is -0.497 e. The molecule has 3 aromatic rings. The summed E-state index contributed by atoms with van der Waals surface area (Å²) in [5.74, 6) is 0.842. The van der Waals surface area contributed by atoms with Crippen LogP contribution in [-0.2, 0) is 0 Å². The zero-order valence-corrected chi connectivity index (χ0v) is 15.3. The predicted molar refractivity (Wildman–Crippen MR) is 101 cm³/mol. The fraction of sp³-hybridized carbons (Fsp3) is 0.350. The van der Waals surface area contributed by atoms with Crippen molar-refractivity contribution in [2.75, 3.05) is 12.4 Å². The van der Waals surface area contributed by atoms with Crippen LogP contribution in [0.2, 0.25) is 0 Å². The third-order valence-electron chi connectivity index (χ3n) is 4.97. The minimum atomic E-state index is -0.582. The van der Waals surface area contributed by atoms with Gasteiger partial charge in [-0.25, -0.2) is 9.48 Å². The third-order valence-corrected chi connectivity index (χ3v) is 4.97. The monoisotopic (exact) mass is 367 g/mol. The Morgan fingerprint density at radius 3 is 2.78 bits per heavy atom. The van der Waals surface area contributed by atoms with E-state index in [0.29, 0.717) is 28.6 Å². The summed E-state index contributed by atoms with van der Waals surface area (Å²) >= 11 is 0. The van der Waals surface area contributed by atoms with Gasteiger partial charge in [-0.05, 0) is 31.9 Å². The van der Waals surface area contributed by atoms with Crippen molar-refractivity contribution in [3.8, 4) is 5.75 Å². The zero-order chi connectivity index (χ0) is 19.0. The van der Waals surface area contributed by atoms with Crippen molar-refractivity contribution in [3.63, 3.8) is 0 Å². The Hall–Kier alpha value is -3.09. The van der Waals surface area contributed by atoms with Crippen LogP contribution in [-0.4, -0.2) is 22.8 Å². The molecule has 140 valence electrons. The van der Waals surface area contributed by atoms with E-state index in [2.05, 4.69) is 10.4 Å². The second-order valence-electron chi connectivity index (χ2n) is 6.85. The lowest BCUT2D eigenvalue weighted by Crippen LogP contribution is -2.19. The van der Waals surface area contributed by atoms with Crippen molar-refractivity contribution in [2.24, 2.45) is 0 Å². The lowest BCUT2D eigenvalue weighted by atomic mass is 10.1. The highest BCUT2D eigenvalue weighted by Crippen LogP contribution is 2.32. The van der Waals surface area contributed by atoms with Crippen LogP contribution in [0.15, 0.2) is 39.5 Å². The minimum absolute atomic E-state index is 0.265. The number of methoxy groups -OCH3 is 1. The maximum Gasteiger partial charge on any atom is 0.337 e. The van der Waals surface area contributed by atoms with E-state index in [-0.39, 0.29) is 11.5 Å². The molecule has 1 saturated carbocycles. The van der Waals surface area contributed by atoms with Gasteiger partial charge in [0.15, 0.2) is 0 Å². The lowest BCUT2D eigenvalue weighted by Gasteiger charge is -2.15. The quantitative estimate of drug-likeness (QED) is 0.711. The fourth-order valence-corrected chi connectivity index (χ4v) is 3.68. The number of hydrogen-bond acceptors (Lipinski definition) is 5. The van der Waals surface area contributed by atoms with Crippen molar-refractivity contribution in [2.45, 2.75) is 38.6 Å². The molecular formula is C20H21N3O4. The molecular weight excluding hydrogens is 346 g/mol. The molecule has 1 aliphatic rings. The number of benzene rings is 1. The number of amides is 1. The van der Waals surface area contributed by atoms with Crippen LogP contribution in [0.1, 0.15) is 47.8 Å². The standard InChI is InChI=1S/C20H21N3O4/c1-12-9-18(23(22-12)13-5-3-4-6-13)21-20(25)16-11-19(24)27-17-10-14(26-2)7-8-15(16)17/h7-11,13H,3-6H2,1-2H3,(H,21,25). The van der Waals surface area contributed by atoms with E-state index < -0.39 is 5.63 Å². The highest BCUT2D eigenvalue weighted by molar-refractivity contribution is 6.11. The Balaban J connectivity index is 1.71. The van der Waals surface area contributed by atoms with Gasteiger partial charge in [0.25, 0.3) is 5.91 Å². The van der Waals surface area contributed by atoms with Crippen molar-refractivity contribution >= 4 is 22.7 Å². The summed E-state index contributed by atoms with van der Waals surface area (Å²) in [4.78, 5) is 24.9. The molecule has 0 aliphatic heterocycles. The average molecular weight is 367 g/mol. The predicted octanol–water partition coefficient (Wildman–Crippen LogP) is 3.67. The summed E-state index contributed by atoms with van der Waals surface area (Å²) in [6.07, 6.45) is 4.45. The molecule has 1 amide bonds. The first-order valence-electron chi connectivity index (χ1n) is 9.04. The van der Waals surface area contributed by atoms with Gasteiger partial charge in [0, 0.05) is 23.6 Å².